The summed E-state index contributed by atoms with van der Waals surface area (Å²) in [5.74, 6) is -1.37. The summed E-state index contributed by atoms with van der Waals surface area (Å²) in [7, 11) is 0. The van der Waals surface area contributed by atoms with Crippen LogP contribution in [0.3, 0.4) is 0 Å². The average Bonchev–Trinajstić information content (AvgIpc) is 2.79. The smallest absolute Gasteiger partial charge is 0.267 e. The molecule has 23 heavy (non-hydrogen) atoms. The summed E-state index contributed by atoms with van der Waals surface area (Å²) in [6.45, 7) is -0.0971. The van der Waals surface area contributed by atoms with E-state index in [-0.39, 0.29) is 29.3 Å². The molecule has 1 aromatic carbocycles. The van der Waals surface area contributed by atoms with Crippen LogP contribution in [0.2, 0.25) is 0 Å². The van der Waals surface area contributed by atoms with Crippen LogP contribution in [0.15, 0.2) is 22.1 Å². The number of nitrogens with zero attached hydrogens (tertiary/aromatic N) is 3. The second kappa shape index (κ2) is 4.91. The molecule has 7 heteroatoms. The van der Waals surface area contributed by atoms with Crippen molar-refractivity contribution in [3.63, 3.8) is 0 Å². The van der Waals surface area contributed by atoms with Gasteiger partial charge in [0.1, 0.15) is 12.4 Å². The number of carbonyl (C=O) groups is 1. The summed E-state index contributed by atoms with van der Waals surface area (Å²) >= 11 is 0. The van der Waals surface area contributed by atoms with Gasteiger partial charge in [0, 0.05) is 17.2 Å². The van der Waals surface area contributed by atoms with Crippen LogP contribution in [0.1, 0.15) is 24.0 Å². The maximum absolute atomic E-state index is 14.5. The first-order chi connectivity index (χ1) is 11.1. The first-order valence-electron chi connectivity index (χ1n) is 7.46. The monoisotopic (exact) mass is 315 g/mol. The molecule has 2 heterocycles. The van der Waals surface area contributed by atoms with Crippen LogP contribution in [0.25, 0.3) is 5.69 Å². The lowest BCUT2D eigenvalue weighted by atomic mass is 9.95. The molecule has 1 aliphatic carbocycles. The highest BCUT2D eigenvalue weighted by Gasteiger charge is 2.26. The van der Waals surface area contributed by atoms with Crippen LogP contribution < -0.4 is 10.7 Å². The lowest BCUT2D eigenvalue weighted by Crippen LogP contribution is -2.33. The molecular formula is C16H14FN3O3. The zero-order chi connectivity index (χ0) is 16.1. The third-order valence-corrected chi connectivity index (χ3v) is 4.35. The Morgan fingerprint density at radius 1 is 1.04 bits per heavy atom. The van der Waals surface area contributed by atoms with Gasteiger partial charge in [0.15, 0.2) is 0 Å². The van der Waals surface area contributed by atoms with E-state index in [9.17, 15) is 19.4 Å². The molecule has 2 aromatic rings. The topological polar surface area (TPSA) is 87.2 Å². The van der Waals surface area contributed by atoms with Crippen molar-refractivity contribution in [2.24, 2.45) is 9.98 Å². The third kappa shape index (κ3) is 2.03. The Morgan fingerprint density at radius 2 is 1.70 bits per heavy atom. The van der Waals surface area contributed by atoms with Gasteiger partial charge in [0.05, 0.1) is 16.4 Å². The first-order valence-corrected chi connectivity index (χ1v) is 7.46. The number of rotatable bonds is 1. The van der Waals surface area contributed by atoms with E-state index in [2.05, 4.69) is 9.98 Å². The number of amides is 1. The van der Waals surface area contributed by atoms with Gasteiger partial charge in [-0.3, -0.25) is 9.79 Å². The van der Waals surface area contributed by atoms with Crippen molar-refractivity contribution in [1.29, 1.82) is 0 Å². The highest BCUT2D eigenvalue weighted by Crippen LogP contribution is 2.40. The third-order valence-electron chi connectivity index (χ3n) is 4.35. The second-order valence-corrected chi connectivity index (χ2v) is 5.76. The van der Waals surface area contributed by atoms with Gasteiger partial charge < -0.3 is 10.2 Å². The lowest BCUT2D eigenvalue weighted by Gasteiger charge is -2.09. The second-order valence-electron chi connectivity index (χ2n) is 5.76. The maximum Gasteiger partial charge on any atom is 0.267 e. The van der Waals surface area contributed by atoms with Crippen molar-refractivity contribution >= 4 is 5.91 Å². The molecule has 1 aromatic heterocycles. The standard InChI is InChI=1S/C16H14FN3O3/c17-10-5-11-12(19-14(21)7-18-11)6-13(10)20-15(22)8-3-1-2-4-9(8)16(20)23/h5-6,22-23H,1-4,7H2. The minimum absolute atomic E-state index is 0.0400. The number of carbonyl (C=O) groups excluding carboxylic acids is 1. The summed E-state index contributed by atoms with van der Waals surface area (Å²) in [5, 5.41) is 21.3. The number of hydrogen-bond donors (Lipinski definition) is 2. The van der Waals surface area contributed by atoms with Crippen LogP contribution in [0.4, 0.5) is 4.39 Å². The maximum atomic E-state index is 14.5. The highest BCUT2D eigenvalue weighted by atomic mass is 19.1. The van der Waals surface area contributed by atoms with Gasteiger partial charge in [-0.2, -0.15) is 0 Å². The number of benzene rings is 1. The molecule has 118 valence electrons. The quantitative estimate of drug-likeness (QED) is 0.811. The van der Waals surface area contributed by atoms with Crippen molar-refractivity contribution in [2.75, 3.05) is 6.54 Å². The van der Waals surface area contributed by atoms with Crippen molar-refractivity contribution in [2.45, 2.75) is 25.7 Å². The minimum atomic E-state index is -0.644. The summed E-state index contributed by atoms with van der Waals surface area (Å²) in [4.78, 5) is 19.2. The Hall–Kier alpha value is -2.70. The first kappa shape index (κ1) is 13.9. The molecule has 1 amide bonds. The average molecular weight is 315 g/mol. The normalized spacial score (nSPS) is 16.3. The number of halogens is 1. The van der Waals surface area contributed by atoms with E-state index in [1.165, 1.54) is 12.1 Å². The van der Waals surface area contributed by atoms with E-state index in [0.29, 0.717) is 29.3 Å². The van der Waals surface area contributed by atoms with Crippen molar-refractivity contribution < 1.29 is 19.4 Å². The van der Waals surface area contributed by atoms with Crippen LogP contribution in [-0.2, 0) is 17.6 Å². The predicted molar refractivity (Wildman–Crippen MR) is 77.9 cm³/mol. The number of fused-ring (bicyclic) bond motifs is 2. The van der Waals surface area contributed by atoms with Gasteiger partial charge in [0.25, 0.3) is 5.91 Å². The number of aromatic nitrogens is 1. The van der Waals surface area contributed by atoms with Gasteiger partial charge in [-0.05, 0) is 31.7 Å². The molecule has 0 atom stereocenters. The van der Waals surface area contributed by atoms with Gasteiger partial charge >= 0.3 is 0 Å². The fraction of sp³-hybridized carbons (Fsp3) is 0.312. The molecule has 2 N–H and O–H groups in total. The van der Waals surface area contributed by atoms with E-state index >= 15 is 0 Å². The van der Waals surface area contributed by atoms with Gasteiger partial charge in [-0.1, -0.05) is 0 Å². The van der Waals surface area contributed by atoms with Crippen molar-refractivity contribution in [3.8, 4) is 17.4 Å². The van der Waals surface area contributed by atoms with Crippen molar-refractivity contribution in [3.05, 3.63) is 39.8 Å². The lowest BCUT2D eigenvalue weighted by molar-refractivity contribution is -0.116. The van der Waals surface area contributed by atoms with Gasteiger partial charge in [0.2, 0.25) is 11.8 Å². The molecule has 0 saturated heterocycles. The summed E-state index contributed by atoms with van der Waals surface area (Å²) < 4.78 is 15.5. The van der Waals surface area contributed by atoms with Gasteiger partial charge in [-0.15, -0.1) is 0 Å². The fourth-order valence-corrected chi connectivity index (χ4v) is 3.25. The minimum Gasteiger partial charge on any atom is -0.494 e. The summed E-state index contributed by atoms with van der Waals surface area (Å²) in [5.41, 5.74) is 1.27. The van der Waals surface area contributed by atoms with E-state index in [4.69, 9.17) is 0 Å². The zero-order valence-electron chi connectivity index (χ0n) is 12.2. The molecule has 0 bridgehead atoms. The largest absolute Gasteiger partial charge is 0.494 e. The zero-order valence-corrected chi connectivity index (χ0v) is 12.2. The van der Waals surface area contributed by atoms with Crippen LogP contribution in [0.5, 0.6) is 11.8 Å². The van der Waals surface area contributed by atoms with E-state index in [1.807, 2.05) is 0 Å². The predicted octanol–water partition coefficient (Wildman–Crippen LogP) is 0.686. The van der Waals surface area contributed by atoms with Crippen LogP contribution >= 0.6 is 0 Å². The van der Waals surface area contributed by atoms with E-state index in [1.54, 1.807) is 0 Å². The Morgan fingerprint density at radius 3 is 2.35 bits per heavy atom. The SMILES string of the molecule is O=C1CN=c2cc(F)c(-n3c(O)c4c(c3O)CCCC4)cc2=N1. The highest BCUT2D eigenvalue weighted by molar-refractivity contribution is 5.79. The van der Waals surface area contributed by atoms with E-state index in [0.717, 1.165) is 17.4 Å². The van der Waals surface area contributed by atoms with E-state index < -0.39 is 11.7 Å². The molecule has 0 fully saturated rings. The Labute approximate surface area is 130 Å². The molecule has 1 aliphatic heterocycles. The Balaban J connectivity index is 2.00. The van der Waals surface area contributed by atoms with Crippen LogP contribution in [-0.4, -0.2) is 27.2 Å². The number of hydrogen-bond acceptors (Lipinski definition) is 4. The molecule has 2 aliphatic rings. The Kier molecular flexibility index (Phi) is 2.97. The molecule has 0 saturated carbocycles. The fourth-order valence-electron chi connectivity index (χ4n) is 3.25. The molecule has 0 radical (unpaired) electrons. The number of aromatic hydroxyl groups is 2. The summed E-state index contributed by atoms with van der Waals surface area (Å²) in [6.07, 6.45) is 3.12. The molecule has 6 nitrogen and oxygen atoms in total. The van der Waals surface area contributed by atoms with Crippen LogP contribution in [0, 0.1) is 5.82 Å². The van der Waals surface area contributed by atoms with Gasteiger partial charge in [-0.25, -0.2) is 13.9 Å². The summed E-state index contributed by atoms with van der Waals surface area (Å²) in [6, 6.07) is 2.49. The molecule has 0 unspecified atom stereocenters. The van der Waals surface area contributed by atoms with Crippen molar-refractivity contribution in [1.82, 2.24) is 4.57 Å². The molecule has 0 spiro atoms. The Bertz CT molecular complexity index is 933. The molecular weight excluding hydrogens is 301 g/mol. The molecule has 4 rings (SSSR count).